The minimum Gasteiger partial charge on any atom is -0.415 e. The van der Waals surface area contributed by atoms with Gasteiger partial charge in [0.05, 0.1) is 13.2 Å². The summed E-state index contributed by atoms with van der Waals surface area (Å²) in [4.78, 5) is 18.8. The third kappa shape index (κ3) is 6.62. The van der Waals surface area contributed by atoms with Gasteiger partial charge in [-0.1, -0.05) is 45.9 Å². The maximum Gasteiger partial charge on any atom is 0.388 e. The SMILES string of the molecule is CC.Cc1ccc(NC(=O)N(CC2COC2)c2ccccc2C(C)C)c(OC(F)F)n1. The molecule has 1 aliphatic rings. The number of nitrogens with zero attached hydrogens (tertiary/aromatic N) is 2. The minimum absolute atomic E-state index is 0.0952. The van der Waals surface area contributed by atoms with Crippen molar-refractivity contribution in [1.82, 2.24) is 4.98 Å². The highest BCUT2D eigenvalue weighted by molar-refractivity contribution is 6.03. The number of amides is 2. The summed E-state index contributed by atoms with van der Waals surface area (Å²) in [6.45, 7) is 8.36. The molecule has 170 valence electrons. The molecule has 6 nitrogen and oxygen atoms in total. The van der Waals surface area contributed by atoms with Gasteiger partial charge in [-0.15, -0.1) is 0 Å². The zero-order valence-corrected chi connectivity index (χ0v) is 18.7. The van der Waals surface area contributed by atoms with E-state index in [0.29, 0.717) is 25.5 Å². The van der Waals surface area contributed by atoms with Crippen LogP contribution in [0.5, 0.6) is 5.88 Å². The maximum atomic E-state index is 13.2. The summed E-state index contributed by atoms with van der Waals surface area (Å²) in [6, 6.07) is 10.4. The molecule has 1 saturated heterocycles. The highest BCUT2D eigenvalue weighted by Gasteiger charge is 2.28. The molecule has 0 spiro atoms. The van der Waals surface area contributed by atoms with Gasteiger partial charge in [-0.3, -0.25) is 4.90 Å². The van der Waals surface area contributed by atoms with Crippen molar-refractivity contribution in [2.75, 3.05) is 30.0 Å². The number of pyridine rings is 1. The van der Waals surface area contributed by atoms with Gasteiger partial charge in [0, 0.05) is 23.8 Å². The molecule has 8 heteroatoms. The molecule has 2 heterocycles. The van der Waals surface area contributed by atoms with Crippen LogP contribution in [-0.4, -0.2) is 37.4 Å². The molecule has 31 heavy (non-hydrogen) atoms. The number of ether oxygens (including phenoxy) is 2. The number of aryl methyl sites for hydroxylation is 1. The Hall–Kier alpha value is -2.74. The largest absolute Gasteiger partial charge is 0.415 e. The van der Waals surface area contributed by atoms with Crippen LogP contribution in [0.1, 0.15) is 44.9 Å². The summed E-state index contributed by atoms with van der Waals surface area (Å²) in [5, 5.41) is 2.69. The number of halogens is 2. The zero-order chi connectivity index (χ0) is 23.0. The number of para-hydroxylation sites is 1. The molecule has 0 aliphatic carbocycles. The number of alkyl halides is 2. The average molecular weight is 436 g/mol. The van der Waals surface area contributed by atoms with Crippen LogP contribution in [0.15, 0.2) is 36.4 Å². The Labute approximate surface area is 182 Å². The number of benzene rings is 1. The molecule has 0 unspecified atom stereocenters. The highest BCUT2D eigenvalue weighted by atomic mass is 19.3. The van der Waals surface area contributed by atoms with E-state index in [0.717, 1.165) is 11.3 Å². The molecule has 2 aromatic rings. The van der Waals surface area contributed by atoms with E-state index < -0.39 is 12.6 Å². The Morgan fingerprint density at radius 3 is 2.48 bits per heavy atom. The van der Waals surface area contributed by atoms with E-state index in [1.54, 1.807) is 17.9 Å². The molecule has 1 aromatic heterocycles. The van der Waals surface area contributed by atoms with Gasteiger partial charge < -0.3 is 14.8 Å². The lowest BCUT2D eigenvalue weighted by Gasteiger charge is -2.34. The second kappa shape index (κ2) is 11.6. The Morgan fingerprint density at radius 1 is 1.23 bits per heavy atom. The first kappa shape index (κ1) is 24.5. The lowest BCUT2D eigenvalue weighted by Crippen LogP contribution is -2.44. The summed E-state index contributed by atoms with van der Waals surface area (Å²) in [5.41, 5.74) is 2.40. The van der Waals surface area contributed by atoms with E-state index in [2.05, 4.69) is 28.9 Å². The van der Waals surface area contributed by atoms with Gasteiger partial charge in [0.2, 0.25) is 5.88 Å². The van der Waals surface area contributed by atoms with Crippen LogP contribution in [-0.2, 0) is 4.74 Å². The van der Waals surface area contributed by atoms with Crippen molar-refractivity contribution >= 4 is 17.4 Å². The molecule has 0 bridgehead atoms. The number of anilines is 2. The molecule has 0 saturated carbocycles. The maximum absolute atomic E-state index is 13.2. The fourth-order valence-electron chi connectivity index (χ4n) is 3.15. The Balaban J connectivity index is 0.00000166. The standard InChI is InChI=1S/C21H25F2N3O3.C2H6/c1-13(2)16-6-4-5-7-18(16)26(10-15-11-28-12-15)21(27)25-17-9-8-14(3)24-19(17)29-20(22)23;1-2/h4-9,13,15,20H,10-12H2,1-3H3,(H,25,27);1-2H3. The fourth-order valence-corrected chi connectivity index (χ4v) is 3.15. The third-order valence-electron chi connectivity index (χ3n) is 4.68. The van der Waals surface area contributed by atoms with Gasteiger partial charge in [-0.25, -0.2) is 9.78 Å². The van der Waals surface area contributed by atoms with E-state index >= 15 is 0 Å². The lowest BCUT2D eigenvalue weighted by atomic mass is 9.99. The van der Waals surface area contributed by atoms with Gasteiger partial charge in [0.1, 0.15) is 5.69 Å². The Kier molecular flexibility index (Phi) is 9.18. The van der Waals surface area contributed by atoms with Gasteiger partial charge >= 0.3 is 12.6 Å². The number of hydrogen-bond donors (Lipinski definition) is 1. The van der Waals surface area contributed by atoms with Gasteiger partial charge in [-0.05, 0) is 36.6 Å². The quantitative estimate of drug-likeness (QED) is 0.595. The van der Waals surface area contributed by atoms with Crippen molar-refractivity contribution in [2.24, 2.45) is 5.92 Å². The first-order valence-electron chi connectivity index (χ1n) is 10.5. The molecule has 0 atom stereocenters. The number of carbonyl (C=O) groups excluding carboxylic acids is 1. The van der Waals surface area contributed by atoms with E-state index in [4.69, 9.17) is 4.74 Å². The van der Waals surface area contributed by atoms with Gasteiger partial charge in [0.15, 0.2) is 0 Å². The van der Waals surface area contributed by atoms with Crippen LogP contribution in [0, 0.1) is 12.8 Å². The summed E-state index contributed by atoms with van der Waals surface area (Å²) >= 11 is 0. The van der Waals surface area contributed by atoms with Gasteiger partial charge in [0.25, 0.3) is 0 Å². The van der Waals surface area contributed by atoms with Crippen LogP contribution in [0.2, 0.25) is 0 Å². The fraction of sp³-hybridized carbons (Fsp3) is 0.478. The number of nitrogens with one attached hydrogen (secondary N) is 1. The molecule has 1 aromatic carbocycles. The van der Waals surface area contributed by atoms with Crippen LogP contribution in [0.4, 0.5) is 25.0 Å². The topological polar surface area (TPSA) is 63.7 Å². The Bertz CT molecular complexity index is 858. The van der Waals surface area contributed by atoms with Crippen LogP contribution in [0.3, 0.4) is 0 Å². The molecule has 0 radical (unpaired) electrons. The predicted octanol–water partition coefficient (Wildman–Crippen LogP) is 5.83. The predicted molar refractivity (Wildman–Crippen MR) is 118 cm³/mol. The lowest BCUT2D eigenvalue weighted by molar-refractivity contribution is -0.0523. The first-order chi connectivity index (χ1) is 14.8. The number of aromatic nitrogens is 1. The van der Waals surface area contributed by atoms with E-state index in [9.17, 15) is 13.6 Å². The van der Waals surface area contributed by atoms with Crippen LogP contribution < -0.4 is 15.0 Å². The van der Waals surface area contributed by atoms with Crippen molar-refractivity contribution in [3.8, 4) is 5.88 Å². The molecular weight excluding hydrogens is 404 g/mol. The first-order valence-corrected chi connectivity index (χ1v) is 10.5. The van der Waals surface area contributed by atoms with Crippen molar-refractivity contribution in [1.29, 1.82) is 0 Å². The summed E-state index contributed by atoms with van der Waals surface area (Å²) < 4.78 is 35.3. The number of urea groups is 1. The molecular formula is C23H31F2N3O3. The molecule has 3 rings (SSSR count). The van der Waals surface area contributed by atoms with Crippen molar-refractivity contribution in [2.45, 2.75) is 47.1 Å². The molecule has 1 aliphatic heterocycles. The van der Waals surface area contributed by atoms with Crippen molar-refractivity contribution < 1.29 is 23.0 Å². The highest BCUT2D eigenvalue weighted by Crippen LogP contribution is 2.31. The number of hydrogen-bond acceptors (Lipinski definition) is 4. The van der Waals surface area contributed by atoms with E-state index in [-0.39, 0.29) is 23.4 Å². The van der Waals surface area contributed by atoms with Crippen molar-refractivity contribution in [3.63, 3.8) is 0 Å². The van der Waals surface area contributed by atoms with Crippen molar-refractivity contribution in [3.05, 3.63) is 47.7 Å². The number of rotatable bonds is 7. The third-order valence-corrected chi connectivity index (χ3v) is 4.68. The monoisotopic (exact) mass is 435 g/mol. The second-order valence-corrected chi connectivity index (χ2v) is 7.34. The summed E-state index contributed by atoms with van der Waals surface area (Å²) in [6.07, 6.45) is 0. The van der Waals surface area contributed by atoms with Crippen LogP contribution in [0.25, 0.3) is 0 Å². The molecule has 2 amide bonds. The van der Waals surface area contributed by atoms with Crippen LogP contribution >= 0.6 is 0 Å². The molecule has 1 fully saturated rings. The minimum atomic E-state index is -3.04. The van der Waals surface area contributed by atoms with E-state index in [1.165, 1.54) is 6.07 Å². The summed E-state index contributed by atoms with van der Waals surface area (Å²) in [7, 11) is 0. The smallest absolute Gasteiger partial charge is 0.388 e. The van der Waals surface area contributed by atoms with E-state index in [1.807, 2.05) is 38.1 Å². The molecule has 1 N–H and O–H groups in total. The summed E-state index contributed by atoms with van der Waals surface area (Å²) in [5.74, 6) is 0.115. The Morgan fingerprint density at radius 2 is 1.90 bits per heavy atom. The average Bonchev–Trinajstić information content (AvgIpc) is 2.70. The number of carbonyl (C=O) groups is 1. The second-order valence-electron chi connectivity index (χ2n) is 7.34. The zero-order valence-electron chi connectivity index (χ0n) is 18.7. The van der Waals surface area contributed by atoms with Gasteiger partial charge in [-0.2, -0.15) is 8.78 Å². The normalized spacial score (nSPS) is 13.3.